The van der Waals surface area contributed by atoms with E-state index in [1.165, 1.54) is 7.11 Å². The van der Waals surface area contributed by atoms with Gasteiger partial charge in [0, 0.05) is 7.11 Å². The Hall–Kier alpha value is 0.940. The molecule has 1 aliphatic heterocycles. The summed E-state index contributed by atoms with van der Waals surface area (Å²) in [7, 11) is 1.43. The van der Waals surface area contributed by atoms with E-state index in [0.29, 0.717) is 13.0 Å². The topological polar surface area (TPSA) is 35.5 Å². The Kier molecular flexibility index (Phi) is 4.12. The number of alkyl halides is 4. The number of carbonyl (C=O) groups excluding carboxylic acids is 1. The molecule has 0 aromatic carbocycles. The number of hydrogen-bond acceptors (Lipinski definition) is 3. The monoisotopic (exact) mass is 324 g/mol. The zero-order valence-electron chi connectivity index (χ0n) is 7.23. The van der Waals surface area contributed by atoms with Crippen LogP contribution in [0.2, 0.25) is 0 Å². The molecule has 3 nitrogen and oxygen atoms in total. The van der Waals surface area contributed by atoms with Crippen molar-refractivity contribution in [1.29, 1.82) is 0 Å². The van der Waals surface area contributed by atoms with Gasteiger partial charge in [-0.05, 0) is 6.42 Å². The molecule has 0 aromatic heterocycles. The van der Waals surface area contributed by atoms with Crippen LogP contribution in [0, 0.1) is 0 Å². The van der Waals surface area contributed by atoms with Gasteiger partial charge in [0.2, 0.25) is 9.58 Å². The van der Waals surface area contributed by atoms with Crippen LogP contribution in [0.15, 0.2) is 0 Å². The van der Waals surface area contributed by atoms with Crippen molar-refractivity contribution in [2.45, 2.75) is 20.8 Å². The van der Waals surface area contributed by atoms with E-state index in [2.05, 4.69) is 15.9 Å². The number of halogens is 4. The lowest BCUT2D eigenvalue weighted by molar-refractivity contribution is -0.135. The quantitative estimate of drug-likeness (QED) is 0.731. The molecule has 82 valence electrons. The highest BCUT2D eigenvalue weighted by molar-refractivity contribution is 9.10. The number of carbonyl (C=O) groups is 1. The summed E-state index contributed by atoms with van der Waals surface area (Å²) >= 11 is 19.8. The molecule has 0 spiro atoms. The zero-order valence-corrected chi connectivity index (χ0v) is 11.1. The van der Waals surface area contributed by atoms with E-state index in [-0.39, 0.29) is 0 Å². The molecule has 7 heteroatoms. The second kappa shape index (κ2) is 4.44. The molecule has 0 saturated carbocycles. The summed E-state index contributed by atoms with van der Waals surface area (Å²) in [4.78, 5) is 11.8. The first-order valence-electron chi connectivity index (χ1n) is 3.77. The van der Waals surface area contributed by atoms with E-state index in [1.807, 2.05) is 0 Å². The van der Waals surface area contributed by atoms with Gasteiger partial charge in [-0.15, -0.1) is 0 Å². The van der Waals surface area contributed by atoms with E-state index in [4.69, 9.17) is 44.3 Å². The van der Waals surface area contributed by atoms with Crippen LogP contribution in [-0.2, 0) is 14.3 Å². The summed E-state index contributed by atoms with van der Waals surface area (Å²) in [5.74, 6) is -0.570. The molecule has 0 radical (unpaired) electrons. The lowest BCUT2D eigenvalue weighted by atomic mass is 10.0. The van der Waals surface area contributed by atoms with Crippen LogP contribution in [0.25, 0.3) is 0 Å². The van der Waals surface area contributed by atoms with Gasteiger partial charge >= 0.3 is 0 Å². The standard InChI is InChI=1S/C7H8BrCl3O3/c1-13-5-6(8,2-3-14-5)4(12)7(9,10)11/h5H,2-3H2,1H3. The number of ketones is 1. The third kappa shape index (κ3) is 2.36. The lowest BCUT2D eigenvalue weighted by Gasteiger charge is -2.27. The van der Waals surface area contributed by atoms with E-state index < -0.39 is 20.2 Å². The van der Waals surface area contributed by atoms with Crippen LogP contribution in [0.4, 0.5) is 0 Å². The Morgan fingerprint density at radius 2 is 2.21 bits per heavy atom. The number of rotatable bonds is 2. The SMILES string of the molecule is COC1OCCC1(Br)C(=O)C(Cl)(Cl)Cl. The molecule has 1 saturated heterocycles. The Labute approximate surface area is 105 Å². The van der Waals surface area contributed by atoms with Gasteiger partial charge in [-0.3, -0.25) is 4.79 Å². The Morgan fingerprint density at radius 1 is 1.64 bits per heavy atom. The van der Waals surface area contributed by atoms with E-state index in [0.717, 1.165) is 0 Å². The zero-order chi connectivity index (χ0) is 11.0. The van der Waals surface area contributed by atoms with Gasteiger partial charge in [0.05, 0.1) is 6.61 Å². The van der Waals surface area contributed by atoms with Crippen molar-refractivity contribution in [2.75, 3.05) is 13.7 Å². The third-order valence-electron chi connectivity index (χ3n) is 1.96. The summed E-state index contributed by atoms with van der Waals surface area (Å²) in [5.41, 5.74) is 0. The lowest BCUT2D eigenvalue weighted by Crippen LogP contribution is -2.47. The summed E-state index contributed by atoms with van der Waals surface area (Å²) in [5, 5.41) is 0. The maximum absolute atomic E-state index is 11.8. The minimum Gasteiger partial charge on any atom is -0.354 e. The first kappa shape index (κ1) is 13.0. The molecule has 0 bridgehead atoms. The fraction of sp³-hybridized carbons (Fsp3) is 0.857. The molecule has 0 N–H and O–H groups in total. The highest BCUT2D eigenvalue weighted by atomic mass is 79.9. The Balaban J connectivity index is 2.89. The molecule has 0 aliphatic carbocycles. The molecule has 1 aliphatic rings. The molecule has 0 aromatic rings. The molecule has 1 fully saturated rings. The maximum Gasteiger partial charge on any atom is 0.250 e. The molecule has 0 amide bonds. The summed E-state index contributed by atoms with van der Waals surface area (Å²) < 4.78 is 7.12. The second-order valence-electron chi connectivity index (χ2n) is 2.88. The minimum absolute atomic E-state index is 0.385. The van der Waals surface area contributed by atoms with Crippen LogP contribution in [0.1, 0.15) is 6.42 Å². The molecular formula is C7H8BrCl3O3. The first-order chi connectivity index (χ1) is 6.32. The van der Waals surface area contributed by atoms with E-state index in [9.17, 15) is 4.79 Å². The molecular weight excluding hydrogens is 318 g/mol. The van der Waals surface area contributed by atoms with Crippen molar-refractivity contribution < 1.29 is 14.3 Å². The number of Topliss-reactive ketones (excluding diaryl/α,β-unsaturated/α-hetero) is 1. The van der Waals surface area contributed by atoms with Crippen LogP contribution < -0.4 is 0 Å². The molecule has 2 atom stereocenters. The Bertz CT molecular complexity index is 243. The average molecular weight is 326 g/mol. The van der Waals surface area contributed by atoms with Crippen LogP contribution in [-0.4, -0.2) is 33.9 Å². The van der Waals surface area contributed by atoms with Crippen molar-refractivity contribution in [3.8, 4) is 0 Å². The number of methoxy groups -OCH3 is 1. The number of ether oxygens (including phenoxy) is 2. The van der Waals surface area contributed by atoms with Crippen LogP contribution >= 0.6 is 50.7 Å². The van der Waals surface area contributed by atoms with Crippen LogP contribution in [0.3, 0.4) is 0 Å². The minimum atomic E-state index is -1.96. The summed E-state index contributed by atoms with van der Waals surface area (Å²) in [6, 6.07) is 0. The van der Waals surface area contributed by atoms with Gasteiger partial charge in [-0.2, -0.15) is 0 Å². The van der Waals surface area contributed by atoms with Gasteiger partial charge in [0.1, 0.15) is 4.32 Å². The summed E-state index contributed by atoms with van der Waals surface area (Å²) in [6.45, 7) is 0.385. The fourth-order valence-corrected chi connectivity index (χ4v) is 2.90. The van der Waals surface area contributed by atoms with Crippen molar-refractivity contribution in [2.24, 2.45) is 0 Å². The average Bonchev–Trinajstić information content (AvgIpc) is 2.45. The second-order valence-corrected chi connectivity index (χ2v) is 6.57. The van der Waals surface area contributed by atoms with Crippen LogP contribution in [0.5, 0.6) is 0 Å². The molecule has 1 heterocycles. The van der Waals surface area contributed by atoms with Gasteiger partial charge < -0.3 is 9.47 Å². The highest BCUT2D eigenvalue weighted by Gasteiger charge is 2.55. The first-order valence-corrected chi connectivity index (χ1v) is 5.70. The predicted molar refractivity (Wildman–Crippen MR) is 58.3 cm³/mol. The van der Waals surface area contributed by atoms with Crippen molar-refractivity contribution in [3.63, 3.8) is 0 Å². The van der Waals surface area contributed by atoms with E-state index in [1.54, 1.807) is 0 Å². The van der Waals surface area contributed by atoms with Crippen molar-refractivity contribution in [3.05, 3.63) is 0 Å². The molecule has 1 rings (SSSR count). The van der Waals surface area contributed by atoms with E-state index >= 15 is 0 Å². The predicted octanol–water partition coefficient (Wildman–Crippen LogP) is 2.45. The third-order valence-corrected chi connectivity index (χ3v) is 3.60. The normalized spacial score (nSPS) is 33.4. The Morgan fingerprint density at radius 3 is 2.64 bits per heavy atom. The van der Waals surface area contributed by atoms with Crippen molar-refractivity contribution in [1.82, 2.24) is 0 Å². The van der Waals surface area contributed by atoms with Gasteiger partial charge in [0.15, 0.2) is 6.29 Å². The molecule has 2 unspecified atom stereocenters. The number of hydrogen-bond donors (Lipinski definition) is 0. The van der Waals surface area contributed by atoms with Gasteiger partial charge in [-0.25, -0.2) is 0 Å². The van der Waals surface area contributed by atoms with Crippen molar-refractivity contribution >= 4 is 56.5 Å². The van der Waals surface area contributed by atoms with Gasteiger partial charge in [-0.1, -0.05) is 50.7 Å². The highest BCUT2D eigenvalue weighted by Crippen LogP contribution is 2.43. The largest absolute Gasteiger partial charge is 0.354 e. The maximum atomic E-state index is 11.8. The smallest absolute Gasteiger partial charge is 0.250 e. The van der Waals surface area contributed by atoms with Gasteiger partial charge in [0.25, 0.3) is 0 Å². The fourth-order valence-electron chi connectivity index (χ4n) is 1.28. The summed E-state index contributed by atoms with van der Waals surface area (Å²) in [6.07, 6.45) is -0.302. The molecule has 14 heavy (non-hydrogen) atoms.